The molecule has 0 radical (unpaired) electrons. The van der Waals surface area contributed by atoms with Gasteiger partial charge in [-0.25, -0.2) is 4.99 Å². The topological polar surface area (TPSA) is 66.7 Å². The van der Waals surface area contributed by atoms with E-state index in [1.165, 1.54) is 11.3 Å². The highest BCUT2D eigenvalue weighted by Crippen LogP contribution is 2.14. The van der Waals surface area contributed by atoms with Crippen LogP contribution in [0.2, 0.25) is 0 Å². The van der Waals surface area contributed by atoms with E-state index in [4.69, 9.17) is 9.73 Å². The maximum absolute atomic E-state index is 5.15. The molecule has 0 saturated carbocycles. The Balaban J connectivity index is 0.00000364. The fraction of sp³-hybridized carbons (Fsp3) is 0.789. The first-order valence-corrected chi connectivity index (χ1v) is 9.80. The molecule has 1 aliphatic heterocycles. The fourth-order valence-corrected chi connectivity index (χ4v) is 3.45. The molecule has 1 fully saturated rings. The maximum atomic E-state index is 5.15. The molecule has 1 aromatic heterocycles. The summed E-state index contributed by atoms with van der Waals surface area (Å²) in [5.41, 5.74) is 3.47. The van der Waals surface area contributed by atoms with Gasteiger partial charge in [0.2, 0.25) is 0 Å². The van der Waals surface area contributed by atoms with Crippen LogP contribution in [0, 0.1) is 13.8 Å². The van der Waals surface area contributed by atoms with Gasteiger partial charge in [-0.15, -0.1) is 24.0 Å². The Morgan fingerprint density at radius 3 is 2.56 bits per heavy atom. The number of nitrogens with zero attached hydrogens (tertiary/aromatic N) is 4. The molecular weight excluding hydrogens is 455 g/mol. The van der Waals surface area contributed by atoms with E-state index < -0.39 is 0 Å². The van der Waals surface area contributed by atoms with Crippen LogP contribution < -0.4 is 10.6 Å². The number of guanidine groups is 1. The van der Waals surface area contributed by atoms with Gasteiger partial charge in [0.25, 0.3) is 0 Å². The van der Waals surface area contributed by atoms with Crippen molar-refractivity contribution in [3.8, 4) is 0 Å². The van der Waals surface area contributed by atoms with E-state index in [2.05, 4.69) is 41.4 Å². The van der Waals surface area contributed by atoms with Crippen molar-refractivity contribution in [3.05, 3.63) is 17.0 Å². The van der Waals surface area contributed by atoms with Gasteiger partial charge in [-0.2, -0.15) is 5.10 Å². The van der Waals surface area contributed by atoms with Gasteiger partial charge in [-0.05, 0) is 40.0 Å². The van der Waals surface area contributed by atoms with Crippen LogP contribution in [0.3, 0.4) is 0 Å². The molecule has 7 nitrogen and oxygen atoms in total. The molecule has 2 N–H and O–H groups in total. The predicted octanol–water partition coefficient (Wildman–Crippen LogP) is 2.21. The van der Waals surface area contributed by atoms with Crippen molar-refractivity contribution in [1.82, 2.24) is 25.3 Å². The van der Waals surface area contributed by atoms with Crippen LogP contribution in [0.5, 0.6) is 0 Å². The molecule has 0 aliphatic carbocycles. The lowest BCUT2D eigenvalue weighted by atomic mass is 10.1. The predicted molar refractivity (Wildman–Crippen MR) is 122 cm³/mol. The second-order valence-corrected chi connectivity index (χ2v) is 7.07. The number of methoxy groups -OCH3 is 1. The number of rotatable bonds is 8. The van der Waals surface area contributed by atoms with Crippen molar-refractivity contribution in [2.75, 3.05) is 39.9 Å². The van der Waals surface area contributed by atoms with Gasteiger partial charge >= 0.3 is 0 Å². The molecule has 1 aromatic rings. The summed E-state index contributed by atoms with van der Waals surface area (Å²) in [6, 6.07) is 0.488. The number of likely N-dealkylation sites (tertiary alicyclic amines) is 1. The smallest absolute Gasteiger partial charge is 0.191 e. The Labute approximate surface area is 181 Å². The first kappa shape index (κ1) is 24.2. The van der Waals surface area contributed by atoms with Crippen molar-refractivity contribution >= 4 is 29.9 Å². The number of aromatic nitrogens is 2. The summed E-state index contributed by atoms with van der Waals surface area (Å²) < 4.78 is 7.08. The molecule has 1 saturated heterocycles. The second kappa shape index (κ2) is 12.6. The molecule has 0 spiro atoms. The van der Waals surface area contributed by atoms with E-state index in [9.17, 15) is 0 Å². The highest BCUT2D eigenvalue weighted by atomic mass is 127. The summed E-state index contributed by atoms with van der Waals surface area (Å²) in [7, 11) is 3.76. The van der Waals surface area contributed by atoms with Gasteiger partial charge in [0.05, 0.1) is 12.2 Å². The summed E-state index contributed by atoms with van der Waals surface area (Å²) in [4.78, 5) is 7.33. The van der Waals surface area contributed by atoms with Crippen molar-refractivity contribution < 1.29 is 4.74 Å². The number of hydrogen-bond acceptors (Lipinski definition) is 4. The fourth-order valence-electron chi connectivity index (χ4n) is 3.45. The molecule has 0 bridgehead atoms. The van der Waals surface area contributed by atoms with Gasteiger partial charge in [0.1, 0.15) is 0 Å². The second-order valence-electron chi connectivity index (χ2n) is 7.07. The summed E-state index contributed by atoms with van der Waals surface area (Å²) >= 11 is 0. The SMILES string of the molecule is CCNC(=NCc1c(C)nn(C)c1C)NC1CCN(CCCOC)CC1.I. The zero-order chi connectivity index (χ0) is 18.9. The molecule has 2 heterocycles. The minimum absolute atomic E-state index is 0. The summed E-state index contributed by atoms with van der Waals surface area (Å²) in [6.45, 7) is 12.1. The Morgan fingerprint density at radius 2 is 2.00 bits per heavy atom. The molecular formula is C19H37IN6O. The zero-order valence-corrected chi connectivity index (χ0v) is 19.9. The lowest BCUT2D eigenvalue weighted by Crippen LogP contribution is -2.48. The average molecular weight is 492 g/mol. The number of aliphatic imine (C=N–C) groups is 1. The minimum Gasteiger partial charge on any atom is -0.385 e. The van der Waals surface area contributed by atoms with Crippen LogP contribution in [0.15, 0.2) is 4.99 Å². The van der Waals surface area contributed by atoms with Crippen molar-refractivity contribution in [2.24, 2.45) is 12.0 Å². The summed E-state index contributed by atoms with van der Waals surface area (Å²) in [5, 5.41) is 11.5. The Hall–Kier alpha value is -0.870. The number of nitrogens with one attached hydrogen (secondary N) is 2. The van der Waals surface area contributed by atoms with E-state index in [1.54, 1.807) is 7.11 Å². The zero-order valence-electron chi connectivity index (χ0n) is 17.5. The minimum atomic E-state index is 0. The number of ether oxygens (including phenoxy) is 1. The molecule has 0 atom stereocenters. The summed E-state index contributed by atoms with van der Waals surface area (Å²) in [6.07, 6.45) is 3.42. The lowest BCUT2D eigenvalue weighted by molar-refractivity contribution is 0.155. The molecule has 1 aliphatic rings. The maximum Gasteiger partial charge on any atom is 0.191 e. The number of hydrogen-bond donors (Lipinski definition) is 2. The number of piperidine rings is 1. The molecule has 2 rings (SSSR count). The van der Waals surface area contributed by atoms with Gasteiger partial charge < -0.3 is 20.3 Å². The molecule has 27 heavy (non-hydrogen) atoms. The lowest BCUT2D eigenvalue weighted by Gasteiger charge is -2.33. The van der Waals surface area contributed by atoms with Crippen LogP contribution in [0.25, 0.3) is 0 Å². The third-order valence-corrected chi connectivity index (χ3v) is 5.15. The van der Waals surface area contributed by atoms with Crippen molar-refractivity contribution in [2.45, 2.75) is 52.6 Å². The molecule has 0 amide bonds. The van der Waals surface area contributed by atoms with E-state index in [0.717, 1.165) is 63.7 Å². The Kier molecular flexibility index (Phi) is 11.2. The van der Waals surface area contributed by atoms with Gasteiger partial charge in [0.15, 0.2) is 5.96 Å². The van der Waals surface area contributed by atoms with E-state index in [1.807, 2.05) is 11.7 Å². The van der Waals surface area contributed by atoms with Crippen molar-refractivity contribution in [3.63, 3.8) is 0 Å². The third-order valence-electron chi connectivity index (χ3n) is 5.15. The highest BCUT2D eigenvalue weighted by Gasteiger charge is 2.19. The Bertz CT molecular complexity index is 581. The molecule has 0 aromatic carbocycles. The van der Waals surface area contributed by atoms with E-state index >= 15 is 0 Å². The van der Waals surface area contributed by atoms with E-state index in [-0.39, 0.29) is 24.0 Å². The van der Waals surface area contributed by atoms with Crippen molar-refractivity contribution in [1.29, 1.82) is 0 Å². The van der Waals surface area contributed by atoms with Crippen LogP contribution >= 0.6 is 24.0 Å². The van der Waals surface area contributed by atoms with Gasteiger partial charge in [-0.3, -0.25) is 4.68 Å². The summed E-state index contributed by atoms with van der Waals surface area (Å²) in [5.74, 6) is 0.910. The largest absolute Gasteiger partial charge is 0.385 e. The van der Waals surface area contributed by atoms with Crippen LogP contribution in [0.4, 0.5) is 0 Å². The standard InChI is InChI=1S/C19H36N6O.HI/c1-6-20-19(21-14-18-15(2)23-24(4)16(18)3)22-17-8-11-25(12-9-17)10-7-13-26-5;/h17H,6-14H2,1-5H3,(H2,20,21,22);1H. The van der Waals surface area contributed by atoms with Crippen LogP contribution in [-0.2, 0) is 18.3 Å². The van der Waals surface area contributed by atoms with Crippen LogP contribution in [0.1, 0.15) is 43.1 Å². The normalized spacial score (nSPS) is 16.3. The van der Waals surface area contributed by atoms with Gasteiger partial charge in [-0.1, -0.05) is 0 Å². The van der Waals surface area contributed by atoms with Crippen LogP contribution in [-0.4, -0.2) is 66.6 Å². The number of aryl methyl sites for hydroxylation is 2. The molecule has 156 valence electrons. The number of halogens is 1. The highest BCUT2D eigenvalue weighted by molar-refractivity contribution is 14.0. The molecule has 8 heteroatoms. The monoisotopic (exact) mass is 492 g/mol. The first-order valence-electron chi connectivity index (χ1n) is 9.80. The first-order chi connectivity index (χ1) is 12.5. The van der Waals surface area contributed by atoms with E-state index in [0.29, 0.717) is 12.6 Å². The Morgan fingerprint density at radius 1 is 1.30 bits per heavy atom. The van der Waals surface area contributed by atoms with Gasteiger partial charge in [0, 0.05) is 64.2 Å². The average Bonchev–Trinajstić information content (AvgIpc) is 2.87. The quantitative estimate of drug-likeness (QED) is 0.252. The third kappa shape index (κ3) is 7.57. The molecule has 0 unspecified atom stereocenters.